The predicted molar refractivity (Wildman–Crippen MR) is 103 cm³/mol. The van der Waals surface area contributed by atoms with E-state index < -0.39 is 22.0 Å². The average Bonchev–Trinajstić information content (AvgIpc) is 2.62. The summed E-state index contributed by atoms with van der Waals surface area (Å²) < 4.78 is 38.3. The van der Waals surface area contributed by atoms with Crippen molar-refractivity contribution in [1.29, 1.82) is 0 Å². The SMILES string of the molecule is CCOC(=O)C[C@H](NS(=O)(=O)c1ccc(Cl)c(OC)c1)c1ccc(C)cc1. The van der Waals surface area contributed by atoms with E-state index in [0.29, 0.717) is 10.6 Å². The van der Waals surface area contributed by atoms with Gasteiger partial charge in [-0.1, -0.05) is 41.4 Å². The lowest BCUT2D eigenvalue weighted by Gasteiger charge is -2.19. The Hall–Kier alpha value is -2.09. The fraction of sp³-hybridized carbons (Fsp3) is 0.316. The summed E-state index contributed by atoms with van der Waals surface area (Å²) in [6.45, 7) is 3.85. The highest BCUT2D eigenvalue weighted by Crippen LogP contribution is 2.28. The van der Waals surface area contributed by atoms with Crippen molar-refractivity contribution in [2.45, 2.75) is 31.2 Å². The van der Waals surface area contributed by atoms with Crippen molar-refractivity contribution >= 4 is 27.6 Å². The highest BCUT2D eigenvalue weighted by atomic mass is 35.5. The minimum absolute atomic E-state index is 0.00952. The molecule has 0 radical (unpaired) electrons. The summed E-state index contributed by atoms with van der Waals surface area (Å²) in [5, 5.41) is 0.304. The molecule has 1 atom stereocenters. The van der Waals surface area contributed by atoms with Crippen LogP contribution in [0.15, 0.2) is 47.4 Å². The first-order valence-corrected chi connectivity index (χ1v) is 10.2. The molecular formula is C19H22ClNO5S. The van der Waals surface area contributed by atoms with Gasteiger partial charge in [0.15, 0.2) is 0 Å². The molecule has 27 heavy (non-hydrogen) atoms. The Labute approximate surface area is 164 Å². The molecule has 0 heterocycles. The van der Waals surface area contributed by atoms with Crippen molar-refractivity contribution in [3.05, 3.63) is 58.6 Å². The minimum Gasteiger partial charge on any atom is -0.495 e. The number of rotatable bonds is 8. The molecule has 0 spiro atoms. The van der Waals surface area contributed by atoms with Gasteiger partial charge in [0.25, 0.3) is 0 Å². The largest absolute Gasteiger partial charge is 0.495 e. The van der Waals surface area contributed by atoms with Crippen LogP contribution in [0, 0.1) is 6.92 Å². The molecule has 0 amide bonds. The number of halogens is 1. The van der Waals surface area contributed by atoms with E-state index in [1.807, 2.05) is 19.1 Å². The summed E-state index contributed by atoms with van der Waals surface area (Å²) in [5.74, 6) is -0.240. The second kappa shape index (κ2) is 9.21. The first kappa shape index (κ1) is 21.2. The van der Waals surface area contributed by atoms with Crippen molar-refractivity contribution in [3.63, 3.8) is 0 Å². The number of methoxy groups -OCH3 is 1. The first-order chi connectivity index (χ1) is 12.8. The van der Waals surface area contributed by atoms with Gasteiger partial charge in [-0.3, -0.25) is 4.79 Å². The number of hydrogen-bond donors (Lipinski definition) is 1. The molecule has 0 saturated carbocycles. The summed E-state index contributed by atoms with van der Waals surface area (Å²) in [4.78, 5) is 12.0. The van der Waals surface area contributed by atoms with Gasteiger partial charge in [0.05, 0.1) is 36.1 Å². The number of esters is 1. The fourth-order valence-corrected chi connectivity index (χ4v) is 3.91. The smallest absolute Gasteiger partial charge is 0.307 e. The number of sulfonamides is 1. The van der Waals surface area contributed by atoms with Crippen LogP contribution < -0.4 is 9.46 Å². The van der Waals surface area contributed by atoms with Gasteiger partial charge in [0.1, 0.15) is 5.75 Å². The lowest BCUT2D eigenvalue weighted by Crippen LogP contribution is -2.30. The van der Waals surface area contributed by atoms with Crippen LogP contribution in [0.5, 0.6) is 5.75 Å². The maximum Gasteiger partial charge on any atom is 0.307 e. The van der Waals surface area contributed by atoms with Crippen molar-refractivity contribution in [2.24, 2.45) is 0 Å². The summed E-state index contributed by atoms with van der Waals surface area (Å²) in [7, 11) is -2.52. The van der Waals surface area contributed by atoms with Gasteiger partial charge >= 0.3 is 5.97 Å². The molecule has 0 aromatic heterocycles. The van der Waals surface area contributed by atoms with Crippen LogP contribution in [-0.4, -0.2) is 28.1 Å². The lowest BCUT2D eigenvalue weighted by molar-refractivity contribution is -0.143. The first-order valence-electron chi connectivity index (χ1n) is 8.35. The second-order valence-electron chi connectivity index (χ2n) is 5.89. The van der Waals surface area contributed by atoms with Crippen molar-refractivity contribution in [2.75, 3.05) is 13.7 Å². The Morgan fingerprint density at radius 1 is 1.19 bits per heavy atom. The summed E-state index contributed by atoms with van der Waals surface area (Å²) in [6, 6.07) is 10.7. The van der Waals surface area contributed by atoms with Gasteiger partial charge in [-0.05, 0) is 31.5 Å². The molecule has 2 aromatic carbocycles. The molecular weight excluding hydrogens is 390 g/mol. The normalized spacial score (nSPS) is 12.4. The molecule has 0 unspecified atom stereocenters. The maximum absolute atomic E-state index is 12.8. The van der Waals surface area contributed by atoms with Crippen molar-refractivity contribution in [1.82, 2.24) is 4.72 Å². The minimum atomic E-state index is -3.92. The number of carbonyl (C=O) groups is 1. The average molecular weight is 412 g/mol. The van der Waals surface area contributed by atoms with Crippen LogP contribution in [0.25, 0.3) is 0 Å². The highest BCUT2D eigenvalue weighted by Gasteiger charge is 2.25. The third-order valence-corrected chi connectivity index (χ3v) is 5.67. The monoisotopic (exact) mass is 411 g/mol. The van der Waals surface area contributed by atoms with Crippen LogP contribution >= 0.6 is 11.6 Å². The van der Waals surface area contributed by atoms with E-state index in [2.05, 4.69) is 4.72 Å². The van der Waals surface area contributed by atoms with Gasteiger partial charge in [0, 0.05) is 6.07 Å². The molecule has 0 aliphatic rings. The Kier molecular flexibility index (Phi) is 7.24. The maximum atomic E-state index is 12.8. The van der Waals surface area contributed by atoms with Gasteiger partial charge in [-0.2, -0.15) is 0 Å². The molecule has 0 bridgehead atoms. The van der Waals surface area contributed by atoms with Gasteiger partial charge in [-0.15, -0.1) is 0 Å². The number of aryl methyl sites for hydroxylation is 1. The third kappa shape index (κ3) is 5.69. The van der Waals surface area contributed by atoms with E-state index in [4.69, 9.17) is 21.1 Å². The molecule has 0 fully saturated rings. The topological polar surface area (TPSA) is 81.7 Å². The number of carbonyl (C=O) groups excluding carboxylic acids is 1. The van der Waals surface area contributed by atoms with Crippen LogP contribution in [0.2, 0.25) is 5.02 Å². The quantitative estimate of drug-likeness (QED) is 0.671. The Balaban J connectivity index is 2.35. The Morgan fingerprint density at radius 3 is 2.44 bits per heavy atom. The zero-order valence-electron chi connectivity index (χ0n) is 15.4. The number of hydrogen-bond acceptors (Lipinski definition) is 5. The van der Waals surface area contributed by atoms with E-state index in [1.54, 1.807) is 19.1 Å². The second-order valence-corrected chi connectivity index (χ2v) is 8.01. The summed E-state index contributed by atoms with van der Waals surface area (Å²) in [6.07, 6.45) is -0.124. The van der Waals surface area contributed by atoms with Crippen LogP contribution in [0.4, 0.5) is 0 Å². The van der Waals surface area contributed by atoms with Gasteiger partial charge in [-0.25, -0.2) is 13.1 Å². The molecule has 0 aliphatic heterocycles. The zero-order valence-corrected chi connectivity index (χ0v) is 16.9. The molecule has 0 aliphatic carbocycles. The number of benzene rings is 2. The molecule has 8 heteroatoms. The molecule has 0 saturated heterocycles. The Bertz CT molecular complexity index is 897. The zero-order chi connectivity index (χ0) is 20.0. The Morgan fingerprint density at radius 2 is 1.85 bits per heavy atom. The summed E-state index contributed by atoms with van der Waals surface area (Å²) in [5.41, 5.74) is 1.69. The van der Waals surface area contributed by atoms with Crippen molar-refractivity contribution in [3.8, 4) is 5.75 Å². The highest BCUT2D eigenvalue weighted by molar-refractivity contribution is 7.89. The predicted octanol–water partition coefficient (Wildman–Crippen LogP) is 3.63. The lowest BCUT2D eigenvalue weighted by atomic mass is 10.0. The summed E-state index contributed by atoms with van der Waals surface area (Å²) >= 11 is 5.97. The van der Waals surface area contributed by atoms with E-state index in [9.17, 15) is 13.2 Å². The van der Waals surface area contributed by atoms with Gasteiger partial charge in [0.2, 0.25) is 10.0 Å². The number of nitrogens with one attached hydrogen (secondary N) is 1. The van der Waals surface area contributed by atoms with E-state index in [1.165, 1.54) is 25.3 Å². The molecule has 2 rings (SSSR count). The molecule has 1 N–H and O–H groups in total. The molecule has 6 nitrogen and oxygen atoms in total. The third-order valence-electron chi connectivity index (χ3n) is 3.89. The standard InChI is InChI=1S/C19H22ClNO5S/c1-4-26-19(22)12-17(14-7-5-13(2)6-8-14)21-27(23,24)15-9-10-16(20)18(11-15)25-3/h5-11,17,21H,4,12H2,1-3H3/t17-/m0/s1. The molecule has 146 valence electrons. The van der Waals surface area contributed by atoms with E-state index in [0.717, 1.165) is 5.56 Å². The van der Waals surface area contributed by atoms with Gasteiger partial charge < -0.3 is 9.47 Å². The number of ether oxygens (including phenoxy) is 2. The molecule has 2 aromatic rings. The fourth-order valence-electron chi connectivity index (χ4n) is 2.48. The van der Waals surface area contributed by atoms with Crippen LogP contribution in [-0.2, 0) is 19.6 Å². The van der Waals surface area contributed by atoms with Crippen LogP contribution in [0.1, 0.15) is 30.5 Å². The van der Waals surface area contributed by atoms with Crippen molar-refractivity contribution < 1.29 is 22.7 Å². The van der Waals surface area contributed by atoms with E-state index >= 15 is 0 Å². The van der Waals surface area contributed by atoms with Crippen LogP contribution in [0.3, 0.4) is 0 Å². The van der Waals surface area contributed by atoms with E-state index in [-0.39, 0.29) is 23.7 Å².